The van der Waals surface area contributed by atoms with Gasteiger partial charge in [0.2, 0.25) is 0 Å². The van der Waals surface area contributed by atoms with Gasteiger partial charge in [-0.15, -0.1) is 0 Å². The number of unbranched alkanes of at least 4 members (excludes halogenated alkanes) is 4. The minimum Gasteiger partial charge on any atom is -0.460 e. The van der Waals surface area contributed by atoms with Gasteiger partial charge in [0.05, 0.1) is 20.7 Å². The summed E-state index contributed by atoms with van der Waals surface area (Å²) < 4.78 is 11.3. The van der Waals surface area contributed by atoms with Crippen molar-refractivity contribution in [3.63, 3.8) is 0 Å². The van der Waals surface area contributed by atoms with Gasteiger partial charge in [0.1, 0.15) is 13.2 Å². The molecule has 0 aliphatic heterocycles. The van der Waals surface area contributed by atoms with Gasteiger partial charge in [-0.1, -0.05) is 32.6 Å². The Labute approximate surface area is 112 Å². The van der Waals surface area contributed by atoms with Gasteiger partial charge in [-0.25, -0.2) is 0 Å². The molecule has 0 aromatic rings. The quantitative estimate of drug-likeness (QED) is 0.248. The van der Waals surface area contributed by atoms with Crippen molar-refractivity contribution in [2.24, 2.45) is 0 Å². The fourth-order valence-electron chi connectivity index (χ4n) is 1.62. The fourth-order valence-corrected chi connectivity index (χ4v) is 1.62. The maximum Gasteiger partial charge on any atom is 0.302 e. The molecule has 0 aromatic heterocycles. The third-order valence-corrected chi connectivity index (χ3v) is 2.83. The SMILES string of the molecule is CCCCCCCOC[N+](C)(C)CCOC(C)=O. The summed E-state index contributed by atoms with van der Waals surface area (Å²) in [7, 11) is 4.17. The summed E-state index contributed by atoms with van der Waals surface area (Å²) in [6, 6.07) is 0. The number of esters is 1. The Morgan fingerprint density at radius 1 is 1.06 bits per heavy atom. The second kappa shape index (κ2) is 10.3. The maximum absolute atomic E-state index is 10.7. The standard InChI is InChI=1S/C14H30NO3/c1-5-6-7-8-9-11-17-13-15(3,4)10-12-18-14(2)16/h5-13H2,1-4H3/q+1. The van der Waals surface area contributed by atoms with Crippen LogP contribution in [-0.2, 0) is 14.3 Å². The highest BCUT2D eigenvalue weighted by Gasteiger charge is 2.15. The van der Waals surface area contributed by atoms with Crippen LogP contribution in [-0.4, -0.2) is 51.0 Å². The van der Waals surface area contributed by atoms with E-state index < -0.39 is 0 Å². The van der Waals surface area contributed by atoms with Crippen molar-refractivity contribution in [3.8, 4) is 0 Å². The van der Waals surface area contributed by atoms with E-state index in [9.17, 15) is 4.79 Å². The van der Waals surface area contributed by atoms with Crippen LogP contribution < -0.4 is 0 Å². The van der Waals surface area contributed by atoms with Crippen LogP contribution in [0.5, 0.6) is 0 Å². The van der Waals surface area contributed by atoms with E-state index in [0.717, 1.165) is 24.1 Å². The van der Waals surface area contributed by atoms with E-state index in [-0.39, 0.29) is 5.97 Å². The minimum atomic E-state index is -0.216. The number of quaternary nitrogens is 1. The number of hydrogen-bond acceptors (Lipinski definition) is 3. The van der Waals surface area contributed by atoms with Gasteiger partial charge in [-0.2, -0.15) is 0 Å². The van der Waals surface area contributed by atoms with E-state index in [1.165, 1.54) is 32.6 Å². The normalized spacial score (nSPS) is 11.6. The molecule has 4 nitrogen and oxygen atoms in total. The summed E-state index contributed by atoms with van der Waals surface area (Å²) in [5.74, 6) is -0.216. The summed E-state index contributed by atoms with van der Waals surface area (Å²) in [5.41, 5.74) is 0. The fraction of sp³-hybridized carbons (Fsp3) is 0.929. The Hall–Kier alpha value is -0.610. The largest absolute Gasteiger partial charge is 0.460 e. The highest BCUT2D eigenvalue weighted by molar-refractivity contribution is 5.65. The predicted octanol–water partition coefficient (Wildman–Crippen LogP) is 2.57. The van der Waals surface area contributed by atoms with Gasteiger partial charge in [-0.3, -0.25) is 4.79 Å². The van der Waals surface area contributed by atoms with E-state index in [1.54, 1.807) is 0 Å². The highest BCUT2D eigenvalue weighted by atomic mass is 16.5. The van der Waals surface area contributed by atoms with Crippen molar-refractivity contribution in [2.75, 3.05) is 40.6 Å². The molecule has 0 amide bonds. The zero-order valence-corrected chi connectivity index (χ0v) is 12.5. The van der Waals surface area contributed by atoms with Gasteiger partial charge in [0, 0.05) is 6.92 Å². The minimum absolute atomic E-state index is 0.216. The van der Waals surface area contributed by atoms with Crippen molar-refractivity contribution in [1.29, 1.82) is 0 Å². The molecule has 0 unspecified atom stereocenters. The first-order chi connectivity index (χ1) is 8.48. The second-order valence-corrected chi connectivity index (χ2v) is 5.45. The van der Waals surface area contributed by atoms with E-state index in [1.807, 2.05) is 0 Å². The molecule has 4 heteroatoms. The predicted molar refractivity (Wildman–Crippen MR) is 73.2 cm³/mol. The average Bonchev–Trinajstić information content (AvgIpc) is 2.27. The number of ether oxygens (including phenoxy) is 2. The molecule has 0 radical (unpaired) electrons. The lowest BCUT2D eigenvalue weighted by Crippen LogP contribution is -2.44. The molecule has 0 atom stereocenters. The summed E-state index contributed by atoms with van der Waals surface area (Å²) >= 11 is 0. The van der Waals surface area contributed by atoms with Gasteiger partial charge in [0.15, 0.2) is 6.73 Å². The number of nitrogens with zero attached hydrogens (tertiary/aromatic N) is 1. The van der Waals surface area contributed by atoms with Crippen molar-refractivity contribution >= 4 is 5.97 Å². The number of carbonyl (C=O) groups is 1. The molecule has 0 spiro atoms. The van der Waals surface area contributed by atoms with Crippen molar-refractivity contribution in [3.05, 3.63) is 0 Å². The van der Waals surface area contributed by atoms with Crippen LogP contribution in [0.15, 0.2) is 0 Å². The molecular weight excluding hydrogens is 230 g/mol. The van der Waals surface area contributed by atoms with Gasteiger partial charge < -0.3 is 14.0 Å². The monoisotopic (exact) mass is 260 g/mol. The smallest absolute Gasteiger partial charge is 0.302 e. The topological polar surface area (TPSA) is 35.5 Å². The summed E-state index contributed by atoms with van der Waals surface area (Å²) in [6.07, 6.45) is 6.31. The Morgan fingerprint density at radius 3 is 2.33 bits per heavy atom. The van der Waals surface area contributed by atoms with E-state index in [0.29, 0.717) is 13.3 Å². The Bertz CT molecular complexity index is 217. The Balaban J connectivity index is 3.43. The summed E-state index contributed by atoms with van der Waals surface area (Å²) in [5, 5.41) is 0. The third-order valence-electron chi connectivity index (χ3n) is 2.83. The maximum atomic E-state index is 10.7. The number of rotatable bonds is 11. The molecule has 0 saturated heterocycles. The van der Waals surface area contributed by atoms with Crippen LogP contribution >= 0.6 is 0 Å². The van der Waals surface area contributed by atoms with E-state index in [4.69, 9.17) is 9.47 Å². The zero-order chi connectivity index (χ0) is 13.9. The first-order valence-corrected chi connectivity index (χ1v) is 7.01. The first kappa shape index (κ1) is 17.4. The molecule has 0 rings (SSSR count). The molecule has 0 fully saturated rings. The number of hydrogen-bond donors (Lipinski definition) is 0. The van der Waals surface area contributed by atoms with Crippen LogP contribution in [0.1, 0.15) is 46.0 Å². The first-order valence-electron chi connectivity index (χ1n) is 7.01. The highest BCUT2D eigenvalue weighted by Crippen LogP contribution is 2.04. The molecule has 0 N–H and O–H groups in total. The van der Waals surface area contributed by atoms with Crippen LogP contribution in [0.3, 0.4) is 0 Å². The van der Waals surface area contributed by atoms with Gasteiger partial charge >= 0.3 is 5.97 Å². The van der Waals surface area contributed by atoms with E-state index in [2.05, 4.69) is 21.0 Å². The van der Waals surface area contributed by atoms with Crippen LogP contribution in [0, 0.1) is 0 Å². The molecule has 0 bridgehead atoms. The van der Waals surface area contributed by atoms with Gasteiger partial charge in [0.25, 0.3) is 0 Å². The van der Waals surface area contributed by atoms with Crippen molar-refractivity contribution < 1.29 is 18.8 Å². The van der Waals surface area contributed by atoms with E-state index >= 15 is 0 Å². The lowest BCUT2D eigenvalue weighted by atomic mass is 10.2. The summed E-state index contributed by atoms with van der Waals surface area (Å²) in [6.45, 7) is 6.41. The van der Waals surface area contributed by atoms with Crippen molar-refractivity contribution in [1.82, 2.24) is 0 Å². The molecule has 0 heterocycles. The molecule has 0 saturated carbocycles. The van der Waals surface area contributed by atoms with Gasteiger partial charge in [-0.05, 0) is 6.42 Å². The Kier molecular flexibility index (Phi) is 9.98. The lowest BCUT2D eigenvalue weighted by Gasteiger charge is -2.28. The molecular formula is C14H30NO3+. The second-order valence-electron chi connectivity index (χ2n) is 5.45. The van der Waals surface area contributed by atoms with Crippen LogP contribution in [0.4, 0.5) is 0 Å². The Morgan fingerprint density at radius 2 is 1.72 bits per heavy atom. The third kappa shape index (κ3) is 11.9. The van der Waals surface area contributed by atoms with Crippen LogP contribution in [0.2, 0.25) is 0 Å². The average molecular weight is 260 g/mol. The molecule has 0 aliphatic rings. The lowest BCUT2D eigenvalue weighted by molar-refractivity contribution is -0.909. The zero-order valence-electron chi connectivity index (χ0n) is 12.5. The molecule has 0 aromatic carbocycles. The molecule has 0 aliphatic carbocycles. The summed E-state index contributed by atoms with van der Waals surface area (Å²) in [4.78, 5) is 10.7. The van der Waals surface area contributed by atoms with Crippen LogP contribution in [0.25, 0.3) is 0 Å². The van der Waals surface area contributed by atoms with Crippen molar-refractivity contribution in [2.45, 2.75) is 46.0 Å². The number of likely N-dealkylation sites (N-methyl/N-ethyl adjacent to an activating group) is 1. The molecule has 18 heavy (non-hydrogen) atoms. The molecule has 108 valence electrons. The number of carbonyl (C=O) groups excluding carboxylic acids is 1.